The van der Waals surface area contributed by atoms with Crippen molar-refractivity contribution >= 4 is 22.9 Å². The van der Waals surface area contributed by atoms with Crippen LogP contribution in [-0.4, -0.2) is 26.0 Å². The van der Waals surface area contributed by atoms with Crippen molar-refractivity contribution in [2.24, 2.45) is 5.73 Å². The Balaban J connectivity index is 2.13. The van der Waals surface area contributed by atoms with Crippen LogP contribution in [0.5, 0.6) is 0 Å². The van der Waals surface area contributed by atoms with Crippen molar-refractivity contribution in [3.05, 3.63) is 54.1 Å². The first-order chi connectivity index (χ1) is 9.68. The second kappa shape index (κ2) is 4.89. The fourth-order valence-corrected chi connectivity index (χ4v) is 2.69. The number of nitrogen functional groups attached to an aromatic ring is 1. The van der Waals surface area contributed by atoms with Gasteiger partial charge in [-0.1, -0.05) is 24.3 Å². The van der Waals surface area contributed by atoms with E-state index in [1.165, 1.54) is 5.69 Å². The summed E-state index contributed by atoms with van der Waals surface area (Å²) in [6.45, 7) is 1.83. The van der Waals surface area contributed by atoms with Crippen molar-refractivity contribution < 1.29 is 0 Å². The molecule has 0 spiro atoms. The SMILES string of the molecule is CN1CCN(c2ccccc2C(=N)N)c2ccccc21. The fourth-order valence-electron chi connectivity index (χ4n) is 2.69. The molecule has 0 aromatic heterocycles. The lowest BCUT2D eigenvalue weighted by Crippen LogP contribution is -2.37. The number of likely N-dealkylation sites (N-methyl/N-ethyl adjacent to an activating group) is 1. The molecule has 20 heavy (non-hydrogen) atoms. The van der Waals surface area contributed by atoms with Gasteiger partial charge >= 0.3 is 0 Å². The summed E-state index contributed by atoms with van der Waals surface area (Å²) in [6, 6.07) is 16.2. The van der Waals surface area contributed by atoms with Gasteiger partial charge in [-0.3, -0.25) is 5.41 Å². The monoisotopic (exact) mass is 266 g/mol. The highest BCUT2D eigenvalue weighted by molar-refractivity contribution is 6.01. The number of nitrogens with one attached hydrogen (secondary N) is 1. The van der Waals surface area contributed by atoms with Crippen LogP contribution >= 0.6 is 0 Å². The largest absolute Gasteiger partial charge is 0.384 e. The van der Waals surface area contributed by atoms with Gasteiger partial charge in [0, 0.05) is 25.7 Å². The normalized spacial score (nSPS) is 14.1. The van der Waals surface area contributed by atoms with Gasteiger partial charge < -0.3 is 15.5 Å². The van der Waals surface area contributed by atoms with Crippen LogP contribution in [0, 0.1) is 5.41 Å². The number of anilines is 3. The summed E-state index contributed by atoms with van der Waals surface area (Å²) in [4.78, 5) is 4.49. The molecule has 0 bridgehead atoms. The van der Waals surface area contributed by atoms with Crippen molar-refractivity contribution in [1.29, 1.82) is 5.41 Å². The third-order valence-electron chi connectivity index (χ3n) is 3.73. The summed E-state index contributed by atoms with van der Waals surface area (Å²) < 4.78 is 0. The van der Waals surface area contributed by atoms with Crippen molar-refractivity contribution in [2.75, 3.05) is 29.9 Å². The van der Waals surface area contributed by atoms with Crippen molar-refractivity contribution in [1.82, 2.24) is 0 Å². The molecule has 1 heterocycles. The Hall–Kier alpha value is -2.49. The standard InChI is InChI=1S/C16H18N4/c1-19-10-11-20(15-9-5-4-8-14(15)19)13-7-3-2-6-12(13)16(17)18/h2-9H,10-11H2,1H3,(H3,17,18). The predicted octanol–water partition coefficient (Wildman–Crippen LogP) is 2.56. The van der Waals surface area contributed by atoms with Crippen LogP contribution in [0.4, 0.5) is 17.1 Å². The topological polar surface area (TPSA) is 56.4 Å². The molecular formula is C16H18N4. The van der Waals surface area contributed by atoms with Crippen molar-refractivity contribution in [3.8, 4) is 0 Å². The first kappa shape index (κ1) is 12.5. The maximum Gasteiger partial charge on any atom is 0.124 e. The average molecular weight is 266 g/mol. The zero-order chi connectivity index (χ0) is 14.1. The summed E-state index contributed by atoms with van der Waals surface area (Å²) in [6.07, 6.45) is 0. The number of nitrogens with zero attached hydrogens (tertiary/aromatic N) is 2. The van der Waals surface area contributed by atoms with E-state index in [0.717, 1.165) is 30.0 Å². The number of benzene rings is 2. The minimum atomic E-state index is 0.108. The number of nitrogens with two attached hydrogens (primary N) is 1. The lowest BCUT2D eigenvalue weighted by atomic mass is 10.1. The van der Waals surface area contributed by atoms with Gasteiger partial charge in [-0.15, -0.1) is 0 Å². The van der Waals surface area contributed by atoms with Gasteiger partial charge in [0.15, 0.2) is 0 Å². The fraction of sp³-hybridized carbons (Fsp3) is 0.188. The molecule has 1 aliphatic rings. The van der Waals surface area contributed by atoms with E-state index >= 15 is 0 Å². The smallest absolute Gasteiger partial charge is 0.124 e. The lowest BCUT2D eigenvalue weighted by Gasteiger charge is -2.37. The van der Waals surface area contributed by atoms with Crippen LogP contribution in [0.2, 0.25) is 0 Å². The maximum absolute atomic E-state index is 7.76. The van der Waals surface area contributed by atoms with Crippen LogP contribution < -0.4 is 15.5 Å². The Morgan fingerprint density at radius 2 is 1.55 bits per heavy atom. The molecule has 4 heteroatoms. The third-order valence-corrected chi connectivity index (χ3v) is 3.73. The van der Waals surface area contributed by atoms with Crippen LogP contribution in [0.15, 0.2) is 48.5 Å². The van der Waals surface area contributed by atoms with Crippen molar-refractivity contribution in [3.63, 3.8) is 0 Å². The van der Waals surface area contributed by atoms with E-state index in [1.807, 2.05) is 30.3 Å². The average Bonchev–Trinajstić information content (AvgIpc) is 2.48. The predicted molar refractivity (Wildman–Crippen MR) is 84.2 cm³/mol. The van der Waals surface area contributed by atoms with E-state index in [1.54, 1.807) is 0 Å². The van der Waals surface area contributed by atoms with Crippen molar-refractivity contribution in [2.45, 2.75) is 0 Å². The van der Waals surface area contributed by atoms with E-state index in [-0.39, 0.29) is 5.84 Å². The highest BCUT2D eigenvalue weighted by Crippen LogP contribution is 2.37. The molecule has 0 saturated carbocycles. The molecule has 102 valence electrons. The molecule has 2 aromatic carbocycles. The summed E-state index contributed by atoms with van der Waals surface area (Å²) in [5, 5.41) is 7.76. The van der Waals surface area contributed by atoms with Crippen LogP contribution in [0.1, 0.15) is 5.56 Å². The van der Waals surface area contributed by atoms with Gasteiger partial charge in [-0.05, 0) is 24.3 Å². The van der Waals surface area contributed by atoms with E-state index in [9.17, 15) is 0 Å². The van der Waals surface area contributed by atoms with Gasteiger partial charge in [0.2, 0.25) is 0 Å². The zero-order valence-electron chi connectivity index (χ0n) is 11.5. The number of hydrogen-bond acceptors (Lipinski definition) is 3. The summed E-state index contributed by atoms with van der Waals surface area (Å²) in [5.41, 5.74) is 9.87. The van der Waals surface area contributed by atoms with Gasteiger partial charge in [-0.25, -0.2) is 0 Å². The molecule has 0 atom stereocenters. The summed E-state index contributed by atoms with van der Waals surface area (Å²) >= 11 is 0. The molecule has 0 aliphatic carbocycles. The third kappa shape index (κ3) is 1.99. The highest BCUT2D eigenvalue weighted by Gasteiger charge is 2.22. The molecular weight excluding hydrogens is 248 g/mol. The maximum atomic E-state index is 7.76. The van der Waals surface area contributed by atoms with E-state index in [4.69, 9.17) is 11.1 Å². The molecule has 3 rings (SSSR count). The molecule has 0 saturated heterocycles. The van der Waals surface area contributed by atoms with Gasteiger partial charge in [0.1, 0.15) is 5.84 Å². The number of para-hydroxylation sites is 3. The molecule has 1 aliphatic heterocycles. The molecule has 2 aromatic rings. The van der Waals surface area contributed by atoms with Gasteiger partial charge in [0.25, 0.3) is 0 Å². The number of hydrogen-bond donors (Lipinski definition) is 2. The Bertz CT molecular complexity index is 650. The molecule has 4 nitrogen and oxygen atoms in total. The minimum Gasteiger partial charge on any atom is -0.384 e. The second-order valence-corrected chi connectivity index (χ2v) is 4.99. The summed E-state index contributed by atoms with van der Waals surface area (Å²) in [7, 11) is 2.10. The van der Waals surface area contributed by atoms with Crippen LogP contribution in [-0.2, 0) is 0 Å². The number of fused-ring (bicyclic) bond motifs is 1. The number of rotatable bonds is 2. The van der Waals surface area contributed by atoms with Crippen LogP contribution in [0.3, 0.4) is 0 Å². The van der Waals surface area contributed by atoms with Gasteiger partial charge in [0.05, 0.1) is 17.1 Å². The number of amidine groups is 1. The Kier molecular flexibility index (Phi) is 3.06. The van der Waals surface area contributed by atoms with E-state index in [2.05, 4.69) is 35.0 Å². The first-order valence-electron chi connectivity index (χ1n) is 6.69. The second-order valence-electron chi connectivity index (χ2n) is 4.99. The lowest BCUT2D eigenvalue weighted by molar-refractivity contribution is 0.821. The molecule has 0 fully saturated rings. The molecule has 0 amide bonds. The Labute approximate surface area is 118 Å². The quantitative estimate of drug-likeness (QED) is 0.649. The zero-order valence-corrected chi connectivity index (χ0v) is 11.5. The summed E-state index contributed by atoms with van der Waals surface area (Å²) in [5.74, 6) is 0.108. The first-order valence-corrected chi connectivity index (χ1v) is 6.69. The molecule has 0 unspecified atom stereocenters. The minimum absolute atomic E-state index is 0.108. The van der Waals surface area contributed by atoms with E-state index < -0.39 is 0 Å². The molecule has 0 radical (unpaired) electrons. The van der Waals surface area contributed by atoms with Gasteiger partial charge in [-0.2, -0.15) is 0 Å². The highest BCUT2D eigenvalue weighted by atomic mass is 15.3. The van der Waals surface area contributed by atoms with Crippen LogP contribution in [0.25, 0.3) is 0 Å². The Morgan fingerprint density at radius 3 is 2.25 bits per heavy atom. The van der Waals surface area contributed by atoms with E-state index in [0.29, 0.717) is 0 Å². The Morgan fingerprint density at radius 1 is 0.950 bits per heavy atom. The molecule has 3 N–H and O–H groups in total.